The van der Waals surface area contributed by atoms with Crippen molar-refractivity contribution >= 4 is 23.2 Å². The zero-order chi connectivity index (χ0) is 25.3. The van der Waals surface area contributed by atoms with Crippen LogP contribution in [0.4, 0.5) is 11.4 Å². The molecule has 36 heavy (non-hydrogen) atoms. The van der Waals surface area contributed by atoms with E-state index in [1.165, 1.54) is 19.3 Å². The van der Waals surface area contributed by atoms with E-state index in [1.807, 2.05) is 49.4 Å². The van der Waals surface area contributed by atoms with E-state index in [0.717, 1.165) is 36.2 Å². The predicted molar refractivity (Wildman–Crippen MR) is 144 cm³/mol. The van der Waals surface area contributed by atoms with Gasteiger partial charge in [0.1, 0.15) is 0 Å². The van der Waals surface area contributed by atoms with Gasteiger partial charge in [0, 0.05) is 49.0 Å². The summed E-state index contributed by atoms with van der Waals surface area (Å²) in [5.41, 5.74) is 3.08. The van der Waals surface area contributed by atoms with E-state index in [2.05, 4.69) is 16.0 Å². The van der Waals surface area contributed by atoms with Gasteiger partial charge in [-0.1, -0.05) is 49.6 Å². The Kier molecular flexibility index (Phi) is 9.36. The molecule has 4 rings (SSSR count). The molecule has 0 spiro atoms. The maximum Gasteiger partial charge on any atom is 0.251 e. The van der Waals surface area contributed by atoms with E-state index in [-0.39, 0.29) is 11.8 Å². The number of nitrogens with zero attached hydrogens (tertiary/aromatic N) is 1. The smallest absolute Gasteiger partial charge is 0.251 e. The van der Waals surface area contributed by atoms with Crippen molar-refractivity contribution in [3.05, 3.63) is 59.7 Å². The molecule has 2 fully saturated rings. The third-order valence-electron chi connectivity index (χ3n) is 7.25. The molecule has 7 heteroatoms. The minimum absolute atomic E-state index is 0.0844. The average Bonchev–Trinajstić information content (AvgIpc) is 3.34. The second kappa shape index (κ2) is 12.9. The molecule has 1 aliphatic carbocycles. The lowest BCUT2D eigenvalue weighted by molar-refractivity contribution is -0.117. The molecule has 2 aromatic rings. The van der Waals surface area contributed by atoms with E-state index >= 15 is 0 Å². The van der Waals surface area contributed by atoms with Gasteiger partial charge in [-0.25, -0.2) is 0 Å². The highest BCUT2D eigenvalue weighted by molar-refractivity contribution is 6.00. The van der Waals surface area contributed by atoms with Crippen LogP contribution in [0.1, 0.15) is 67.8 Å². The Morgan fingerprint density at radius 2 is 1.86 bits per heavy atom. The van der Waals surface area contributed by atoms with Crippen LogP contribution in [0.5, 0.6) is 0 Å². The summed E-state index contributed by atoms with van der Waals surface area (Å²) >= 11 is 0. The lowest BCUT2D eigenvalue weighted by atomic mass is 9.95. The zero-order valence-corrected chi connectivity index (χ0v) is 21.3. The summed E-state index contributed by atoms with van der Waals surface area (Å²) in [7, 11) is 0. The second-order valence-corrected chi connectivity index (χ2v) is 10.0. The third-order valence-corrected chi connectivity index (χ3v) is 7.25. The van der Waals surface area contributed by atoms with Gasteiger partial charge in [0.05, 0.1) is 12.1 Å². The SMILES string of the molecule is CCNc1cc(C(=O)NC(Cc2ccccc2)C(O)CNC2CCCCC2)cc(N2CCCC2=O)c1. The number of anilines is 2. The summed E-state index contributed by atoms with van der Waals surface area (Å²) in [5.74, 6) is -0.165. The fourth-order valence-corrected chi connectivity index (χ4v) is 5.26. The Bertz CT molecular complexity index is 1010. The van der Waals surface area contributed by atoms with Crippen molar-refractivity contribution in [2.24, 2.45) is 0 Å². The van der Waals surface area contributed by atoms with Gasteiger partial charge >= 0.3 is 0 Å². The van der Waals surface area contributed by atoms with Crippen molar-refractivity contribution in [2.75, 3.05) is 29.9 Å². The highest BCUT2D eigenvalue weighted by atomic mass is 16.3. The Morgan fingerprint density at radius 1 is 1.08 bits per heavy atom. The molecular formula is C29H40N4O3. The van der Waals surface area contributed by atoms with E-state index in [1.54, 1.807) is 11.0 Å². The number of aliphatic hydroxyl groups excluding tert-OH is 1. The van der Waals surface area contributed by atoms with Gasteiger partial charge < -0.3 is 26.0 Å². The third kappa shape index (κ3) is 7.08. The highest BCUT2D eigenvalue weighted by Gasteiger charge is 2.26. The molecule has 1 heterocycles. The maximum absolute atomic E-state index is 13.5. The first-order valence-corrected chi connectivity index (χ1v) is 13.5. The molecule has 2 aliphatic rings. The topological polar surface area (TPSA) is 93.7 Å². The van der Waals surface area contributed by atoms with Crippen LogP contribution in [0.15, 0.2) is 48.5 Å². The summed E-state index contributed by atoms with van der Waals surface area (Å²) in [5, 5.41) is 21.1. The molecule has 0 bridgehead atoms. The van der Waals surface area contributed by atoms with Crippen LogP contribution >= 0.6 is 0 Å². The Hall–Kier alpha value is -2.90. The van der Waals surface area contributed by atoms with Crippen molar-refractivity contribution in [1.29, 1.82) is 0 Å². The number of amides is 2. The first kappa shape index (κ1) is 26.2. The van der Waals surface area contributed by atoms with Gasteiger partial charge in [0.25, 0.3) is 5.91 Å². The number of hydrogen-bond donors (Lipinski definition) is 4. The normalized spacial score (nSPS) is 18.2. The van der Waals surface area contributed by atoms with Gasteiger partial charge in [-0.05, 0) is 56.4 Å². The summed E-state index contributed by atoms with van der Waals surface area (Å²) in [6.07, 6.45) is 7.17. The molecular weight excluding hydrogens is 452 g/mol. The van der Waals surface area contributed by atoms with Crippen molar-refractivity contribution in [3.8, 4) is 0 Å². The molecule has 2 unspecified atom stereocenters. The highest BCUT2D eigenvalue weighted by Crippen LogP contribution is 2.27. The first-order valence-electron chi connectivity index (χ1n) is 13.5. The second-order valence-electron chi connectivity index (χ2n) is 10.0. The van der Waals surface area contributed by atoms with Crippen LogP contribution in [-0.2, 0) is 11.2 Å². The number of carbonyl (C=O) groups is 2. The molecule has 1 saturated carbocycles. The molecule has 7 nitrogen and oxygen atoms in total. The number of nitrogens with one attached hydrogen (secondary N) is 3. The van der Waals surface area contributed by atoms with E-state index in [4.69, 9.17) is 0 Å². The summed E-state index contributed by atoms with van der Waals surface area (Å²) in [6, 6.07) is 15.4. The Labute approximate surface area is 214 Å². The maximum atomic E-state index is 13.5. The van der Waals surface area contributed by atoms with Gasteiger partial charge in [-0.15, -0.1) is 0 Å². The minimum atomic E-state index is -0.729. The molecule has 0 aromatic heterocycles. The van der Waals surface area contributed by atoms with Crippen LogP contribution in [0.2, 0.25) is 0 Å². The lowest BCUT2D eigenvalue weighted by Crippen LogP contribution is -2.50. The molecule has 1 aliphatic heterocycles. The lowest BCUT2D eigenvalue weighted by Gasteiger charge is -2.28. The molecule has 0 radical (unpaired) electrons. The molecule has 4 N–H and O–H groups in total. The molecule has 2 aromatic carbocycles. The predicted octanol–water partition coefficient (Wildman–Crippen LogP) is 3.87. The standard InChI is InChI=1S/C29H40N4O3/c1-2-30-24-17-22(18-25(19-24)33-15-9-14-28(33)35)29(36)32-26(16-21-10-5-3-6-11-21)27(34)20-31-23-12-7-4-8-13-23/h3,5-6,10-11,17-19,23,26-27,30-31,34H,2,4,7-9,12-16,20H2,1H3,(H,32,36). The number of hydrogen-bond acceptors (Lipinski definition) is 5. The monoisotopic (exact) mass is 492 g/mol. The van der Waals surface area contributed by atoms with E-state index in [9.17, 15) is 14.7 Å². The fraction of sp³-hybridized carbons (Fsp3) is 0.517. The van der Waals surface area contributed by atoms with Gasteiger partial charge in [0.15, 0.2) is 0 Å². The van der Waals surface area contributed by atoms with Crippen molar-refractivity contribution in [3.63, 3.8) is 0 Å². The van der Waals surface area contributed by atoms with Gasteiger partial charge in [-0.2, -0.15) is 0 Å². The Morgan fingerprint density at radius 3 is 2.56 bits per heavy atom. The minimum Gasteiger partial charge on any atom is -0.390 e. The molecule has 194 valence electrons. The number of carbonyl (C=O) groups excluding carboxylic acids is 2. The number of aliphatic hydroxyl groups is 1. The number of benzene rings is 2. The quantitative estimate of drug-likeness (QED) is 0.382. The molecule has 1 saturated heterocycles. The molecule has 2 atom stereocenters. The largest absolute Gasteiger partial charge is 0.390 e. The average molecular weight is 493 g/mol. The van der Waals surface area contributed by atoms with Gasteiger partial charge in [-0.3, -0.25) is 9.59 Å². The van der Waals surface area contributed by atoms with Crippen LogP contribution < -0.4 is 20.9 Å². The van der Waals surface area contributed by atoms with Crippen molar-refractivity contribution < 1.29 is 14.7 Å². The molecule has 2 amide bonds. The van der Waals surface area contributed by atoms with Crippen molar-refractivity contribution in [1.82, 2.24) is 10.6 Å². The van der Waals surface area contributed by atoms with Crippen LogP contribution in [-0.4, -0.2) is 54.7 Å². The fourth-order valence-electron chi connectivity index (χ4n) is 5.26. The van der Waals surface area contributed by atoms with Crippen LogP contribution in [0.25, 0.3) is 0 Å². The summed E-state index contributed by atoms with van der Waals surface area (Å²) in [6.45, 7) is 3.81. The first-order chi connectivity index (χ1) is 17.5. The van der Waals surface area contributed by atoms with Gasteiger partial charge in [0.2, 0.25) is 5.91 Å². The van der Waals surface area contributed by atoms with E-state index in [0.29, 0.717) is 44.1 Å². The van der Waals surface area contributed by atoms with Crippen LogP contribution in [0, 0.1) is 0 Å². The zero-order valence-electron chi connectivity index (χ0n) is 21.3. The summed E-state index contributed by atoms with van der Waals surface area (Å²) < 4.78 is 0. The number of rotatable bonds is 11. The van der Waals surface area contributed by atoms with E-state index < -0.39 is 12.1 Å². The Balaban J connectivity index is 1.51. The van der Waals surface area contributed by atoms with Crippen LogP contribution in [0.3, 0.4) is 0 Å². The summed E-state index contributed by atoms with van der Waals surface area (Å²) in [4.78, 5) is 27.6. The van der Waals surface area contributed by atoms with Crippen molar-refractivity contribution in [2.45, 2.75) is 76.5 Å².